The Labute approximate surface area is 160 Å². The molecule has 130 valence electrons. The Balaban J connectivity index is 1.54. The number of rotatable bonds is 3. The van der Waals surface area contributed by atoms with Gasteiger partial charge in [0.05, 0.1) is 28.1 Å². The molecular weight excluding hydrogens is 371 g/mol. The molecule has 4 rings (SSSR count). The van der Waals surface area contributed by atoms with Gasteiger partial charge in [-0.25, -0.2) is 9.97 Å². The number of nitrogens with zero attached hydrogens (tertiary/aromatic N) is 3. The zero-order chi connectivity index (χ0) is 18.1. The molecule has 0 bridgehead atoms. The second-order valence-corrected chi connectivity index (χ2v) is 6.66. The van der Waals surface area contributed by atoms with Crippen LogP contribution in [-0.4, -0.2) is 22.4 Å². The van der Waals surface area contributed by atoms with Crippen LogP contribution in [-0.2, 0) is 6.42 Å². The maximum Gasteiger partial charge on any atom is 0.278 e. The van der Waals surface area contributed by atoms with Crippen LogP contribution in [0.1, 0.15) is 16.1 Å². The van der Waals surface area contributed by atoms with Gasteiger partial charge in [-0.3, -0.25) is 4.79 Å². The van der Waals surface area contributed by atoms with Gasteiger partial charge in [0.2, 0.25) is 0 Å². The van der Waals surface area contributed by atoms with E-state index in [0.29, 0.717) is 28.1 Å². The molecule has 0 saturated carbocycles. The summed E-state index contributed by atoms with van der Waals surface area (Å²) >= 11 is 12.3. The summed E-state index contributed by atoms with van der Waals surface area (Å²) in [5, 5.41) is 3.99. The lowest BCUT2D eigenvalue weighted by Gasteiger charge is -2.16. The van der Waals surface area contributed by atoms with E-state index in [1.165, 1.54) is 18.0 Å². The van der Waals surface area contributed by atoms with Crippen molar-refractivity contribution in [1.82, 2.24) is 9.97 Å². The number of carbonyl (C=O) groups is 1. The van der Waals surface area contributed by atoms with Crippen molar-refractivity contribution in [3.05, 3.63) is 76.2 Å². The van der Waals surface area contributed by atoms with Crippen molar-refractivity contribution in [2.45, 2.75) is 6.42 Å². The van der Waals surface area contributed by atoms with Crippen molar-refractivity contribution in [1.29, 1.82) is 0 Å². The Morgan fingerprint density at radius 3 is 2.50 bits per heavy atom. The fourth-order valence-electron chi connectivity index (χ4n) is 2.94. The van der Waals surface area contributed by atoms with Gasteiger partial charge in [0.1, 0.15) is 11.5 Å². The molecule has 1 aliphatic rings. The molecule has 0 aliphatic carbocycles. The first-order chi connectivity index (χ1) is 12.6. The standard InChI is InChI=1S/C19H14Cl2N4O/c20-13-5-3-6-14(21)18(13)24-17-11-22-15(10-23-17)19(26)25-9-8-12-4-1-2-7-16(12)25/h1-7,10-11H,8-9H2,(H,23,24). The number of nitrogens with one attached hydrogen (secondary N) is 1. The van der Waals surface area contributed by atoms with Gasteiger partial charge in [0.25, 0.3) is 5.91 Å². The van der Waals surface area contributed by atoms with E-state index in [-0.39, 0.29) is 11.6 Å². The minimum atomic E-state index is -0.162. The van der Waals surface area contributed by atoms with Gasteiger partial charge in [-0.2, -0.15) is 0 Å². The zero-order valence-corrected chi connectivity index (χ0v) is 15.1. The van der Waals surface area contributed by atoms with Crippen molar-refractivity contribution in [3.63, 3.8) is 0 Å². The summed E-state index contributed by atoms with van der Waals surface area (Å²) in [4.78, 5) is 23.0. The monoisotopic (exact) mass is 384 g/mol. The largest absolute Gasteiger partial charge is 0.337 e. The van der Waals surface area contributed by atoms with Crippen molar-refractivity contribution in [2.75, 3.05) is 16.8 Å². The highest BCUT2D eigenvalue weighted by atomic mass is 35.5. The first-order valence-electron chi connectivity index (χ1n) is 8.06. The smallest absolute Gasteiger partial charge is 0.278 e. The first-order valence-corrected chi connectivity index (χ1v) is 8.82. The average molecular weight is 385 g/mol. The minimum absolute atomic E-state index is 0.162. The van der Waals surface area contributed by atoms with Gasteiger partial charge in [-0.1, -0.05) is 47.5 Å². The topological polar surface area (TPSA) is 58.1 Å². The van der Waals surface area contributed by atoms with Crippen molar-refractivity contribution >= 4 is 46.3 Å². The normalized spacial score (nSPS) is 12.8. The van der Waals surface area contributed by atoms with Crippen LogP contribution < -0.4 is 10.2 Å². The number of amides is 1. The summed E-state index contributed by atoms with van der Waals surface area (Å²) in [6.45, 7) is 0.648. The van der Waals surface area contributed by atoms with Gasteiger partial charge in [0.15, 0.2) is 0 Å². The van der Waals surface area contributed by atoms with Crippen LogP contribution in [0.4, 0.5) is 17.2 Å². The number of benzene rings is 2. The highest BCUT2D eigenvalue weighted by Gasteiger charge is 2.26. The SMILES string of the molecule is O=C(c1cnc(Nc2c(Cl)cccc2Cl)cn1)N1CCc2ccccc21. The van der Waals surface area contributed by atoms with Crippen LogP contribution in [0.15, 0.2) is 54.9 Å². The van der Waals surface area contributed by atoms with Gasteiger partial charge in [-0.05, 0) is 30.2 Å². The fourth-order valence-corrected chi connectivity index (χ4v) is 3.43. The second-order valence-electron chi connectivity index (χ2n) is 5.84. The Kier molecular flexibility index (Phi) is 4.49. The molecule has 0 fully saturated rings. The van der Waals surface area contributed by atoms with Gasteiger partial charge in [0, 0.05) is 12.2 Å². The average Bonchev–Trinajstić information content (AvgIpc) is 3.09. The van der Waals surface area contributed by atoms with Crippen LogP contribution in [0.3, 0.4) is 0 Å². The van der Waals surface area contributed by atoms with Crippen molar-refractivity contribution in [2.24, 2.45) is 0 Å². The Morgan fingerprint density at radius 2 is 1.77 bits per heavy atom. The van der Waals surface area contributed by atoms with Crippen LogP contribution in [0, 0.1) is 0 Å². The Morgan fingerprint density at radius 1 is 1.00 bits per heavy atom. The maximum absolute atomic E-state index is 12.7. The molecule has 0 spiro atoms. The third-order valence-electron chi connectivity index (χ3n) is 4.22. The highest BCUT2D eigenvalue weighted by molar-refractivity contribution is 6.39. The number of carbonyl (C=O) groups excluding carboxylic acids is 1. The number of fused-ring (bicyclic) bond motifs is 1. The molecule has 7 heteroatoms. The summed E-state index contributed by atoms with van der Waals surface area (Å²) in [6, 6.07) is 13.1. The lowest BCUT2D eigenvalue weighted by molar-refractivity contribution is 0.0984. The third-order valence-corrected chi connectivity index (χ3v) is 4.85. The molecule has 0 radical (unpaired) electrons. The quantitative estimate of drug-likeness (QED) is 0.708. The van der Waals surface area contributed by atoms with Crippen molar-refractivity contribution in [3.8, 4) is 0 Å². The first kappa shape index (κ1) is 16.8. The number of aromatic nitrogens is 2. The summed E-state index contributed by atoms with van der Waals surface area (Å²) in [5.41, 5.74) is 2.94. The highest BCUT2D eigenvalue weighted by Crippen LogP contribution is 2.32. The van der Waals surface area contributed by atoms with E-state index in [1.807, 2.05) is 24.3 Å². The molecule has 1 amide bonds. The Hall–Kier alpha value is -2.63. The molecule has 26 heavy (non-hydrogen) atoms. The molecule has 1 N–H and O–H groups in total. The van der Waals surface area contributed by atoms with E-state index < -0.39 is 0 Å². The van der Waals surface area contributed by atoms with Gasteiger partial charge < -0.3 is 10.2 Å². The number of para-hydroxylation sites is 2. The van der Waals surface area contributed by atoms with Gasteiger partial charge in [-0.15, -0.1) is 0 Å². The van der Waals surface area contributed by atoms with E-state index in [0.717, 1.165) is 12.1 Å². The Bertz CT molecular complexity index is 955. The second kappa shape index (κ2) is 6.94. The van der Waals surface area contributed by atoms with Gasteiger partial charge >= 0.3 is 0 Å². The van der Waals surface area contributed by atoms with Crippen LogP contribution in [0.5, 0.6) is 0 Å². The lowest BCUT2D eigenvalue weighted by Crippen LogP contribution is -2.29. The summed E-state index contributed by atoms with van der Waals surface area (Å²) in [6.07, 6.45) is 3.80. The maximum atomic E-state index is 12.7. The number of halogens is 2. The summed E-state index contributed by atoms with van der Waals surface area (Å²) < 4.78 is 0. The molecule has 5 nitrogen and oxygen atoms in total. The van der Waals surface area contributed by atoms with E-state index in [2.05, 4.69) is 15.3 Å². The summed E-state index contributed by atoms with van der Waals surface area (Å²) in [7, 11) is 0. The molecule has 0 atom stereocenters. The van der Waals surface area contributed by atoms with E-state index in [1.54, 1.807) is 23.1 Å². The van der Waals surface area contributed by atoms with E-state index in [9.17, 15) is 4.79 Å². The molecule has 3 aromatic rings. The molecule has 0 unspecified atom stereocenters. The van der Waals surface area contributed by atoms with Crippen LogP contribution in [0.2, 0.25) is 10.0 Å². The zero-order valence-electron chi connectivity index (χ0n) is 13.6. The third kappa shape index (κ3) is 3.11. The number of hydrogen-bond acceptors (Lipinski definition) is 4. The minimum Gasteiger partial charge on any atom is -0.337 e. The van der Waals surface area contributed by atoms with E-state index >= 15 is 0 Å². The molecule has 2 aromatic carbocycles. The molecular formula is C19H14Cl2N4O. The molecule has 1 aliphatic heterocycles. The predicted octanol–water partition coefficient (Wildman–Crippen LogP) is 4.73. The molecule has 1 aromatic heterocycles. The van der Waals surface area contributed by atoms with Crippen molar-refractivity contribution < 1.29 is 4.79 Å². The lowest BCUT2D eigenvalue weighted by atomic mass is 10.2. The fraction of sp³-hybridized carbons (Fsp3) is 0.105. The summed E-state index contributed by atoms with van der Waals surface area (Å²) in [5.74, 6) is 0.295. The van der Waals surface area contributed by atoms with Crippen LogP contribution in [0.25, 0.3) is 0 Å². The van der Waals surface area contributed by atoms with Crippen LogP contribution >= 0.6 is 23.2 Å². The predicted molar refractivity (Wildman–Crippen MR) is 104 cm³/mol. The number of anilines is 3. The van der Waals surface area contributed by atoms with E-state index in [4.69, 9.17) is 23.2 Å². The molecule has 2 heterocycles. The molecule has 0 saturated heterocycles. The number of hydrogen-bond donors (Lipinski definition) is 1.